The summed E-state index contributed by atoms with van der Waals surface area (Å²) in [4.78, 5) is 11.5. The van der Waals surface area contributed by atoms with Crippen LogP contribution in [0, 0.1) is 0 Å². The number of carbonyl (C=O) groups is 1. The molecule has 0 aromatic carbocycles. The number of nitrogen functional groups attached to an aromatic ring is 1. The van der Waals surface area contributed by atoms with E-state index in [0.29, 0.717) is 17.9 Å². The van der Waals surface area contributed by atoms with Gasteiger partial charge >= 0.3 is 0 Å². The van der Waals surface area contributed by atoms with Crippen molar-refractivity contribution in [3.8, 4) is 0 Å². The normalized spacial score (nSPS) is 10.6. The first kappa shape index (κ1) is 10.6. The minimum absolute atomic E-state index is 0.165. The Labute approximate surface area is 83.3 Å². The lowest BCUT2D eigenvalue weighted by molar-refractivity contribution is 0.0956. The van der Waals surface area contributed by atoms with Crippen LogP contribution in [0.5, 0.6) is 0 Å². The molecule has 1 aromatic rings. The maximum Gasteiger partial charge on any atom is 0.256 e. The van der Waals surface area contributed by atoms with Crippen LogP contribution < -0.4 is 11.1 Å². The van der Waals surface area contributed by atoms with Gasteiger partial charge in [-0.05, 0) is 20.8 Å². The van der Waals surface area contributed by atoms with Crippen LogP contribution in [0.3, 0.4) is 0 Å². The third kappa shape index (κ3) is 1.86. The Bertz CT molecular complexity index is 330. The maximum absolute atomic E-state index is 11.5. The van der Waals surface area contributed by atoms with Crippen molar-refractivity contribution < 1.29 is 4.79 Å². The van der Waals surface area contributed by atoms with E-state index in [-0.39, 0.29) is 11.9 Å². The molecule has 1 amide bonds. The number of amides is 1. The molecule has 14 heavy (non-hydrogen) atoms. The van der Waals surface area contributed by atoms with Crippen LogP contribution in [-0.4, -0.2) is 22.2 Å². The summed E-state index contributed by atoms with van der Waals surface area (Å²) in [7, 11) is 0. The number of nitrogens with two attached hydrogens (primary N) is 1. The standard InChI is InChI=1S/C9H16N4O/c1-4-11-9(14)7-5-12-13(6(2)3)8(7)10/h5-6H,4,10H2,1-3H3,(H,11,14). The van der Waals surface area contributed by atoms with E-state index >= 15 is 0 Å². The van der Waals surface area contributed by atoms with Crippen LogP contribution in [0.1, 0.15) is 37.2 Å². The first-order valence-electron chi connectivity index (χ1n) is 4.69. The molecular weight excluding hydrogens is 180 g/mol. The first-order chi connectivity index (χ1) is 6.57. The molecule has 1 aromatic heterocycles. The number of hydrogen-bond acceptors (Lipinski definition) is 3. The molecule has 0 unspecified atom stereocenters. The van der Waals surface area contributed by atoms with Crippen molar-refractivity contribution in [2.75, 3.05) is 12.3 Å². The molecule has 3 N–H and O–H groups in total. The van der Waals surface area contributed by atoms with Crippen molar-refractivity contribution in [1.29, 1.82) is 0 Å². The highest BCUT2D eigenvalue weighted by Crippen LogP contribution is 2.15. The minimum Gasteiger partial charge on any atom is -0.383 e. The van der Waals surface area contributed by atoms with Gasteiger partial charge in [-0.25, -0.2) is 4.68 Å². The maximum atomic E-state index is 11.5. The molecule has 1 heterocycles. The second kappa shape index (κ2) is 4.13. The zero-order valence-corrected chi connectivity index (χ0v) is 8.74. The van der Waals surface area contributed by atoms with Gasteiger partial charge in [-0.1, -0.05) is 0 Å². The fourth-order valence-corrected chi connectivity index (χ4v) is 1.21. The van der Waals surface area contributed by atoms with Gasteiger partial charge in [0.2, 0.25) is 0 Å². The smallest absolute Gasteiger partial charge is 0.256 e. The molecule has 0 aliphatic rings. The molecule has 0 radical (unpaired) electrons. The summed E-state index contributed by atoms with van der Waals surface area (Å²) < 4.78 is 1.63. The summed E-state index contributed by atoms with van der Waals surface area (Å²) in [6, 6.07) is 0.165. The summed E-state index contributed by atoms with van der Waals surface area (Å²) in [6.45, 7) is 6.38. The quantitative estimate of drug-likeness (QED) is 0.750. The fraction of sp³-hybridized carbons (Fsp3) is 0.556. The summed E-state index contributed by atoms with van der Waals surface area (Å²) in [5.41, 5.74) is 6.22. The number of hydrogen-bond donors (Lipinski definition) is 2. The van der Waals surface area contributed by atoms with Crippen molar-refractivity contribution >= 4 is 11.7 Å². The lowest BCUT2D eigenvalue weighted by atomic mass is 10.3. The third-order valence-corrected chi connectivity index (χ3v) is 1.91. The van der Waals surface area contributed by atoms with E-state index < -0.39 is 0 Å². The average molecular weight is 196 g/mol. The summed E-state index contributed by atoms with van der Waals surface area (Å²) in [5, 5.41) is 6.73. The Kier molecular flexibility index (Phi) is 3.11. The fourth-order valence-electron chi connectivity index (χ4n) is 1.21. The molecule has 0 saturated carbocycles. The number of anilines is 1. The van der Waals surface area contributed by atoms with Crippen LogP contribution in [0.4, 0.5) is 5.82 Å². The van der Waals surface area contributed by atoms with Gasteiger partial charge in [-0.3, -0.25) is 4.79 Å². The van der Waals surface area contributed by atoms with Gasteiger partial charge in [0.05, 0.1) is 6.20 Å². The van der Waals surface area contributed by atoms with Crippen molar-refractivity contribution in [3.63, 3.8) is 0 Å². The van der Waals surface area contributed by atoms with E-state index in [0.717, 1.165) is 0 Å². The highest BCUT2D eigenvalue weighted by molar-refractivity contribution is 5.98. The molecule has 0 atom stereocenters. The molecule has 78 valence electrons. The van der Waals surface area contributed by atoms with Gasteiger partial charge in [-0.2, -0.15) is 5.10 Å². The molecule has 0 bridgehead atoms. The van der Waals surface area contributed by atoms with E-state index in [1.54, 1.807) is 4.68 Å². The predicted molar refractivity (Wildman–Crippen MR) is 55.0 cm³/mol. The predicted octanol–water partition coefficient (Wildman–Crippen LogP) is 0.796. The third-order valence-electron chi connectivity index (χ3n) is 1.91. The molecule has 0 fully saturated rings. The van der Waals surface area contributed by atoms with Crippen molar-refractivity contribution in [2.24, 2.45) is 0 Å². The van der Waals surface area contributed by atoms with E-state index in [2.05, 4.69) is 10.4 Å². The molecule has 5 heteroatoms. The monoisotopic (exact) mass is 196 g/mol. The first-order valence-corrected chi connectivity index (χ1v) is 4.69. The van der Waals surface area contributed by atoms with Crippen molar-refractivity contribution in [1.82, 2.24) is 15.1 Å². The molecule has 0 spiro atoms. The van der Waals surface area contributed by atoms with E-state index in [1.807, 2.05) is 20.8 Å². The Morgan fingerprint density at radius 1 is 1.71 bits per heavy atom. The molecule has 5 nitrogen and oxygen atoms in total. The second-order valence-corrected chi connectivity index (χ2v) is 3.34. The van der Waals surface area contributed by atoms with Gasteiger partial charge in [0, 0.05) is 12.6 Å². The molecular formula is C9H16N4O. The Hall–Kier alpha value is -1.52. The Morgan fingerprint density at radius 3 is 2.79 bits per heavy atom. The Morgan fingerprint density at radius 2 is 2.36 bits per heavy atom. The van der Waals surface area contributed by atoms with Crippen molar-refractivity contribution in [3.05, 3.63) is 11.8 Å². The number of nitrogens with one attached hydrogen (secondary N) is 1. The number of aromatic nitrogens is 2. The molecule has 0 saturated heterocycles. The highest BCUT2D eigenvalue weighted by Gasteiger charge is 2.15. The van der Waals surface area contributed by atoms with Crippen LogP contribution >= 0.6 is 0 Å². The SMILES string of the molecule is CCNC(=O)c1cnn(C(C)C)c1N. The topological polar surface area (TPSA) is 72.9 Å². The lowest BCUT2D eigenvalue weighted by Crippen LogP contribution is -2.23. The number of rotatable bonds is 3. The average Bonchev–Trinajstić information content (AvgIpc) is 2.47. The van der Waals surface area contributed by atoms with E-state index in [1.165, 1.54) is 6.20 Å². The van der Waals surface area contributed by atoms with Gasteiger partial charge in [-0.15, -0.1) is 0 Å². The largest absolute Gasteiger partial charge is 0.383 e. The van der Waals surface area contributed by atoms with Gasteiger partial charge in [0.25, 0.3) is 5.91 Å². The zero-order valence-electron chi connectivity index (χ0n) is 8.74. The van der Waals surface area contributed by atoms with Gasteiger partial charge in [0.1, 0.15) is 11.4 Å². The van der Waals surface area contributed by atoms with Crippen LogP contribution in [0.25, 0.3) is 0 Å². The van der Waals surface area contributed by atoms with Crippen LogP contribution in [0.2, 0.25) is 0 Å². The van der Waals surface area contributed by atoms with Gasteiger partial charge in [0.15, 0.2) is 0 Å². The summed E-state index contributed by atoms with van der Waals surface area (Å²) in [6.07, 6.45) is 1.50. The van der Waals surface area contributed by atoms with Crippen LogP contribution in [-0.2, 0) is 0 Å². The summed E-state index contributed by atoms with van der Waals surface area (Å²) in [5.74, 6) is 0.253. The van der Waals surface area contributed by atoms with Crippen molar-refractivity contribution in [2.45, 2.75) is 26.8 Å². The second-order valence-electron chi connectivity index (χ2n) is 3.34. The Balaban J connectivity index is 2.95. The summed E-state index contributed by atoms with van der Waals surface area (Å²) >= 11 is 0. The molecule has 1 rings (SSSR count). The number of nitrogens with zero attached hydrogens (tertiary/aromatic N) is 2. The zero-order chi connectivity index (χ0) is 10.7. The number of carbonyl (C=O) groups excluding carboxylic acids is 1. The van der Waals surface area contributed by atoms with E-state index in [4.69, 9.17) is 5.73 Å². The molecule has 0 aliphatic heterocycles. The van der Waals surface area contributed by atoms with Gasteiger partial charge < -0.3 is 11.1 Å². The van der Waals surface area contributed by atoms with Crippen LogP contribution in [0.15, 0.2) is 6.20 Å². The molecule has 0 aliphatic carbocycles. The van der Waals surface area contributed by atoms with E-state index in [9.17, 15) is 4.79 Å². The highest BCUT2D eigenvalue weighted by atomic mass is 16.1. The minimum atomic E-state index is -0.170. The lowest BCUT2D eigenvalue weighted by Gasteiger charge is -2.07.